The van der Waals surface area contributed by atoms with Crippen LogP contribution in [0.1, 0.15) is 46.4 Å². The van der Waals surface area contributed by atoms with E-state index in [0.29, 0.717) is 16.6 Å². The van der Waals surface area contributed by atoms with Crippen LogP contribution in [0.25, 0.3) is 10.2 Å². The van der Waals surface area contributed by atoms with E-state index in [1.165, 1.54) is 23.3 Å². The molecule has 1 amide bonds. The van der Waals surface area contributed by atoms with Gasteiger partial charge in [-0.25, -0.2) is 9.97 Å². The van der Waals surface area contributed by atoms with Gasteiger partial charge in [-0.1, -0.05) is 13.0 Å². The van der Waals surface area contributed by atoms with Crippen molar-refractivity contribution in [3.05, 3.63) is 46.1 Å². The summed E-state index contributed by atoms with van der Waals surface area (Å²) < 4.78 is 5.73. The van der Waals surface area contributed by atoms with E-state index in [1.807, 2.05) is 26.2 Å². The van der Waals surface area contributed by atoms with Gasteiger partial charge in [0.1, 0.15) is 15.5 Å². The van der Waals surface area contributed by atoms with Gasteiger partial charge in [-0.3, -0.25) is 4.79 Å². The molecule has 8 heteroatoms. The van der Waals surface area contributed by atoms with Gasteiger partial charge >= 0.3 is 0 Å². The second-order valence-electron chi connectivity index (χ2n) is 9.94. The zero-order chi connectivity index (χ0) is 22.9. The molecule has 1 unspecified atom stereocenters. The zero-order valence-corrected chi connectivity index (χ0v) is 20.0. The Bertz CT molecular complexity index is 1270. The van der Waals surface area contributed by atoms with Crippen LogP contribution in [0, 0.1) is 12.3 Å². The number of piperidine rings is 1. The largest absolute Gasteiger partial charge is 0.397 e. The monoisotopic (exact) mass is 463 g/mol. The molecule has 1 saturated carbocycles. The Hall–Kier alpha value is -2.71. The van der Waals surface area contributed by atoms with Crippen molar-refractivity contribution in [2.24, 2.45) is 5.41 Å². The predicted molar refractivity (Wildman–Crippen MR) is 131 cm³/mol. The SMILES string of the molecule is CO[C@H]1CN(c2ccc3c(n2)CC[C@H](NC(=O)c2sc4nc(C)ccc4c2N)C3)C2C[C@@]21C. The summed E-state index contributed by atoms with van der Waals surface area (Å²) in [4.78, 5) is 26.3. The molecule has 6 rings (SSSR count). The van der Waals surface area contributed by atoms with E-state index < -0.39 is 0 Å². The number of fused-ring (bicyclic) bond motifs is 3. The van der Waals surface area contributed by atoms with Crippen molar-refractivity contribution in [1.82, 2.24) is 15.3 Å². The number of thiophene rings is 1. The molecule has 3 N–H and O–H groups in total. The Morgan fingerprint density at radius 1 is 1.30 bits per heavy atom. The Labute approximate surface area is 197 Å². The number of hydrogen-bond donors (Lipinski definition) is 2. The second-order valence-corrected chi connectivity index (χ2v) is 10.9. The van der Waals surface area contributed by atoms with Gasteiger partial charge in [0.15, 0.2) is 0 Å². The Morgan fingerprint density at radius 3 is 2.94 bits per heavy atom. The number of nitrogens with zero attached hydrogens (tertiary/aromatic N) is 3. The molecule has 4 heterocycles. The summed E-state index contributed by atoms with van der Waals surface area (Å²) in [5, 5.41) is 4.06. The first kappa shape index (κ1) is 20.9. The van der Waals surface area contributed by atoms with Crippen LogP contribution in [-0.4, -0.2) is 47.7 Å². The third-order valence-corrected chi connectivity index (χ3v) is 8.93. The van der Waals surface area contributed by atoms with Crippen LogP contribution in [0.5, 0.6) is 0 Å². The van der Waals surface area contributed by atoms with E-state index in [0.717, 1.165) is 53.2 Å². The van der Waals surface area contributed by atoms with Crippen molar-refractivity contribution in [3.8, 4) is 0 Å². The van der Waals surface area contributed by atoms with Crippen molar-refractivity contribution < 1.29 is 9.53 Å². The molecule has 172 valence electrons. The fourth-order valence-corrected chi connectivity index (χ4v) is 6.72. The van der Waals surface area contributed by atoms with Gasteiger partial charge in [-0.05, 0) is 56.4 Å². The van der Waals surface area contributed by atoms with Crippen LogP contribution in [0.2, 0.25) is 0 Å². The lowest BCUT2D eigenvalue weighted by molar-refractivity contribution is 0.0684. The molecule has 0 spiro atoms. The summed E-state index contributed by atoms with van der Waals surface area (Å²) in [6.45, 7) is 5.17. The van der Waals surface area contributed by atoms with Crippen LogP contribution >= 0.6 is 11.3 Å². The van der Waals surface area contributed by atoms with Crippen LogP contribution in [0.4, 0.5) is 11.5 Å². The molecule has 3 aromatic heterocycles. The molecule has 4 atom stereocenters. The first-order chi connectivity index (χ1) is 15.9. The number of hydrogen-bond acceptors (Lipinski definition) is 7. The maximum absolute atomic E-state index is 13.0. The number of aryl methyl sites for hydroxylation is 2. The van der Waals surface area contributed by atoms with Gasteiger partial charge in [0, 0.05) is 47.9 Å². The topological polar surface area (TPSA) is 93.4 Å². The molecule has 1 saturated heterocycles. The molecule has 0 bridgehead atoms. The first-order valence-electron chi connectivity index (χ1n) is 11.6. The molecule has 2 aliphatic carbocycles. The highest BCUT2D eigenvalue weighted by molar-refractivity contribution is 7.21. The lowest BCUT2D eigenvalue weighted by atomic mass is 9.91. The molecule has 3 aliphatic rings. The second kappa shape index (κ2) is 7.40. The number of nitrogens with one attached hydrogen (secondary N) is 1. The molecular weight excluding hydrogens is 434 g/mol. The minimum atomic E-state index is -0.109. The highest BCUT2D eigenvalue weighted by Gasteiger charge is 2.64. The number of rotatable bonds is 4. The number of methoxy groups -OCH3 is 1. The highest BCUT2D eigenvalue weighted by atomic mass is 32.1. The third-order valence-electron chi connectivity index (χ3n) is 7.81. The van der Waals surface area contributed by atoms with Crippen LogP contribution in [-0.2, 0) is 17.6 Å². The molecule has 3 aromatic rings. The first-order valence-corrected chi connectivity index (χ1v) is 12.4. The smallest absolute Gasteiger partial charge is 0.263 e. The number of anilines is 2. The maximum Gasteiger partial charge on any atom is 0.263 e. The lowest BCUT2D eigenvalue weighted by Crippen LogP contribution is -2.39. The molecular formula is C25H29N5O2S. The minimum Gasteiger partial charge on any atom is -0.397 e. The normalized spacial score (nSPS) is 28.0. The van der Waals surface area contributed by atoms with Crippen molar-refractivity contribution in [1.29, 1.82) is 0 Å². The van der Waals surface area contributed by atoms with Gasteiger partial charge in [-0.15, -0.1) is 11.3 Å². The number of carbonyl (C=O) groups excluding carboxylic acids is 1. The molecule has 0 radical (unpaired) electrons. The fraction of sp³-hybridized carbons (Fsp3) is 0.480. The van der Waals surface area contributed by atoms with Gasteiger partial charge in [0.05, 0.1) is 11.8 Å². The average Bonchev–Trinajstić information content (AvgIpc) is 3.25. The molecule has 33 heavy (non-hydrogen) atoms. The van der Waals surface area contributed by atoms with E-state index in [1.54, 1.807) is 0 Å². The summed E-state index contributed by atoms with van der Waals surface area (Å²) in [6, 6.07) is 8.81. The Kier molecular flexibility index (Phi) is 4.68. The van der Waals surface area contributed by atoms with Crippen LogP contribution in [0.3, 0.4) is 0 Å². The lowest BCUT2D eigenvalue weighted by Gasteiger charge is -2.27. The zero-order valence-electron chi connectivity index (χ0n) is 19.2. The highest BCUT2D eigenvalue weighted by Crippen LogP contribution is 2.58. The molecule has 1 aliphatic heterocycles. The Balaban J connectivity index is 1.16. The predicted octanol–water partition coefficient (Wildman–Crippen LogP) is 3.48. The van der Waals surface area contributed by atoms with E-state index in [2.05, 4.69) is 34.3 Å². The third kappa shape index (κ3) is 3.30. The van der Waals surface area contributed by atoms with Gasteiger partial charge in [0.25, 0.3) is 5.91 Å². The number of pyridine rings is 2. The summed E-state index contributed by atoms with van der Waals surface area (Å²) in [6.07, 6.45) is 3.98. The maximum atomic E-state index is 13.0. The number of aromatic nitrogens is 2. The van der Waals surface area contributed by atoms with E-state index in [4.69, 9.17) is 15.5 Å². The average molecular weight is 464 g/mol. The summed E-state index contributed by atoms with van der Waals surface area (Å²) in [5.74, 6) is 0.951. The number of carbonyl (C=O) groups is 1. The van der Waals surface area contributed by atoms with Gasteiger partial charge in [0.2, 0.25) is 0 Å². The van der Waals surface area contributed by atoms with E-state index >= 15 is 0 Å². The van der Waals surface area contributed by atoms with E-state index in [-0.39, 0.29) is 23.5 Å². The number of nitrogen functional groups attached to an aromatic ring is 1. The summed E-state index contributed by atoms with van der Waals surface area (Å²) >= 11 is 1.37. The van der Waals surface area contributed by atoms with Crippen molar-refractivity contribution in [2.75, 3.05) is 24.3 Å². The van der Waals surface area contributed by atoms with Crippen molar-refractivity contribution in [3.63, 3.8) is 0 Å². The minimum absolute atomic E-state index is 0.0772. The Morgan fingerprint density at radius 2 is 2.15 bits per heavy atom. The fourth-order valence-electron chi connectivity index (χ4n) is 5.67. The van der Waals surface area contributed by atoms with Crippen LogP contribution < -0.4 is 16.0 Å². The number of amides is 1. The molecule has 7 nitrogen and oxygen atoms in total. The number of nitrogens with two attached hydrogens (primary N) is 1. The quantitative estimate of drug-likeness (QED) is 0.615. The molecule has 0 aromatic carbocycles. The van der Waals surface area contributed by atoms with Gasteiger partial charge in [-0.2, -0.15) is 0 Å². The van der Waals surface area contributed by atoms with Crippen molar-refractivity contribution in [2.45, 2.75) is 57.7 Å². The number of ether oxygens (including phenoxy) is 1. The summed E-state index contributed by atoms with van der Waals surface area (Å²) in [7, 11) is 1.81. The van der Waals surface area contributed by atoms with Crippen molar-refractivity contribution >= 4 is 39.0 Å². The molecule has 2 fully saturated rings. The van der Waals surface area contributed by atoms with E-state index in [9.17, 15) is 4.79 Å². The summed E-state index contributed by atoms with van der Waals surface area (Å²) in [5.41, 5.74) is 10.4. The standard InChI is InChI=1S/C25H29N5O2S/c1-13-4-7-16-21(26)22(33-24(16)27-13)23(31)28-15-6-8-17-14(10-15)5-9-20(29-17)30-12-19(32-3)25(2)11-18(25)30/h4-5,7,9,15,18-19H,6,8,10-12,26H2,1-3H3,(H,28,31)/t15-,18?,19-,25-/m0/s1. The van der Waals surface area contributed by atoms with Crippen LogP contribution in [0.15, 0.2) is 24.3 Å². The van der Waals surface area contributed by atoms with Gasteiger partial charge < -0.3 is 20.7 Å².